The molecule has 3 atom stereocenters. The maximum absolute atomic E-state index is 14.6. The fraction of sp³-hybridized carbons (Fsp3) is 0.432. The quantitative estimate of drug-likeness (QED) is 0.109. The molecule has 0 bridgehead atoms. The Bertz CT molecular complexity index is 1480. The number of unbranched alkanes of at least 4 members (excludes halogenated alkanes) is 5. The zero-order chi connectivity index (χ0) is 33.9. The molecule has 1 fully saturated rings. The van der Waals surface area contributed by atoms with Crippen molar-refractivity contribution < 1.29 is 33.0 Å². The molecule has 4 rings (SSSR count). The molecule has 0 aromatic heterocycles. The number of hydrogen-bond donors (Lipinski definition) is 3. The Labute approximate surface area is 274 Å². The fourth-order valence-corrected chi connectivity index (χ4v) is 6.14. The molecule has 1 amide bonds. The molecule has 1 saturated heterocycles. The molecule has 1 aliphatic rings. The minimum absolute atomic E-state index is 0.00674. The normalized spacial score (nSPS) is 17.6. The van der Waals surface area contributed by atoms with Gasteiger partial charge in [-0.2, -0.15) is 13.2 Å². The predicted octanol–water partition coefficient (Wildman–Crippen LogP) is 7.62. The highest BCUT2D eigenvalue weighted by molar-refractivity contribution is 6.17. The molecule has 10 heteroatoms. The number of aliphatic hydroxyl groups is 1. The van der Waals surface area contributed by atoms with E-state index in [9.17, 15) is 33.0 Å². The molecule has 0 spiro atoms. The number of amides is 1. The standard InChI is InChI=1S/C37H44F3N3O4/c1-2-3-4-5-6-15-24-36(47,37(38,39)40)33(35(45)46)42-32(28-19-11-8-12-20-28)29-21-13-14-22-30(29)41-34(44)31-23-16-25-43(31)26-27-17-9-7-10-18-27/h7-14,17-22,31,33,47H,2-6,15-16,23-26H2,1H3,(H,41,44)(H,45,46)/t31-,33+,36-/m0/s1. The second kappa shape index (κ2) is 16.7. The number of aliphatic carboxylic acids is 1. The van der Waals surface area contributed by atoms with E-state index in [2.05, 4.69) is 15.2 Å². The summed E-state index contributed by atoms with van der Waals surface area (Å²) in [4.78, 5) is 32.5. The van der Waals surface area contributed by atoms with Crippen LogP contribution < -0.4 is 5.32 Å². The Kier molecular flexibility index (Phi) is 12.7. The minimum Gasteiger partial charge on any atom is -0.480 e. The Balaban J connectivity index is 1.69. The number of nitrogens with zero attached hydrogens (tertiary/aromatic N) is 2. The molecule has 0 aliphatic carbocycles. The minimum atomic E-state index is -5.26. The summed E-state index contributed by atoms with van der Waals surface area (Å²) in [7, 11) is 0. The van der Waals surface area contributed by atoms with E-state index >= 15 is 0 Å². The van der Waals surface area contributed by atoms with Crippen LogP contribution in [0.2, 0.25) is 0 Å². The van der Waals surface area contributed by atoms with Crippen molar-refractivity contribution in [3.8, 4) is 0 Å². The van der Waals surface area contributed by atoms with E-state index in [0.717, 1.165) is 37.8 Å². The molecule has 47 heavy (non-hydrogen) atoms. The van der Waals surface area contributed by atoms with Crippen LogP contribution in [0.5, 0.6) is 0 Å². The molecule has 7 nitrogen and oxygen atoms in total. The number of carbonyl (C=O) groups is 2. The Hall–Kier alpha value is -4.02. The number of benzene rings is 3. The summed E-state index contributed by atoms with van der Waals surface area (Å²) in [5.74, 6) is -2.17. The van der Waals surface area contributed by atoms with E-state index in [1.165, 1.54) is 0 Å². The largest absolute Gasteiger partial charge is 0.480 e. The number of likely N-dealkylation sites (tertiary alicyclic amines) is 1. The first-order chi connectivity index (χ1) is 22.5. The first-order valence-electron chi connectivity index (χ1n) is 16.4. The molecule has 1 aliphatic heterocycles. The fourth-order valence-electron chi connectivity index (χ4n) is 6.14. The number of alkyl halides is 3. The van der Waals surface area contributed by atoms with Gasteiger partial charge in [0.05, 0.1) is 17.4 Å². The number of rotatable bonds is 16. The van der Waals surface area contributed by atoms with Gasteiger partial charge in [-0.05, 0) is 37.4 Å². The van der Waals surface area contributed by atoms with Crippen LogP contribution in [0.1, 0.15) is 81.4 Å². The van der Waals surface area contributed by atoms with Crippen molar-refractivity contribution in [1.29, 1.82) is 0 Å². The Morgan fingerprint density at radius 3 is 2.19 bits per heavy atom. The van der Waals surface area contributed by atoms with Gasteiger partial charge in [-0.15, -0.1) is 0 Å². The van der Waals surface area contributed by atoms with Crippen LogP contribution in [0.3, 0.4) is 0 Å². The molecule has 0 saturated carbocycles. The van der Waals surface area contributed by atoms with Crippen LogP contribution >= 0.6 is 0 Å². The van der Waals surface area contributed by atoms with Crippen LogP contribution in [0.25, 0.3) is 0 Å². The van der Waals surface area contributed by atoms with E-state index in [4.69, 9.17) is 0 Å². The number of anilines is 1. The van der Waals surface area contributed by atoms with Gasteiger partial charge in [-0.1, -0.05) is 124 Å². The van der Waals surface area contributed by atoms with Crippen molar-refractivity contribution in [3.05, 3.63) is 102 Å². The summed E-state index contributed by atoms with van der Waals surface area (Å²) < 4.78 is 43.7. The lowest BCUT2D eigenvalue weighted by molar-refractivity contribution is -0.270. The molecular weight excluding hydrogens is 607 g/mol. The zero-order valence-corrected chi connectivity index (χ0v) is 26.8. The second-order valence-electron chi connectivity index (χ2n) is 12.2. The molecule has 3 N–H and O–H groups in total. The van der Waals surface area contributed by atoms with Crippen molar-refractivity contribution in [3.63, 3.8) is 0 Å². The van der Waals surface area contributed by atoms with E-state index in [1.807, 2.05) is 37.3 Å². The van der Waals surface area contributed by atoms with Gasteiger partial charge in [-0.25, -0.2) is 4.79 Å². The number of nitrogens with one attached hydrogen (secondary N) is 1. The van der Waals surface area contributed by atoms with Gasteiger partial charge in [0.1, 0.15) is 0 Å². The molecule has 0 radical (unpaired) electrons. The summed E-state index contributed by atoms with van der Waals surface area (Å²) in [6.45, 7) is 3.35. The number of hydrogen-bond acceptors (Lipinski definition) is 5. The van der Waals surface area contributed by atoms with Crippen LogP contribution in [0.4, 0.5) is 18.9 Å². The predicted molar refractivity (Wildman–Crippen MR) is 177 cm³/mol. The number of carbonyl (C=O) groups excluding carboxylic acids is 1. The van der Waals surface area contributed by atoms with E-state index in [-0.39, 0.29) is 29.3 Å². The van der Waals surface area contributed by atoms with Gasteiger partial charge in [0.15, 0.2) is 11.6 Å². The third-order valence-electron chi connectivity index (χ3n) is 8.73. The lowest BCUT2D eigenvalue weighted by Gasteiger charge is -2.34. The van der Waals surface area contributed by atoms with Crippen molar-refractivity contribution in [2.45, 2.75) is 95.1 Å². The van der Waals surface area contributed by atoms with Gasteiger partial charge in [0.2, 0.25) is 5.91 Å². The number of aliphatic imine (C=N–C) groups is 1. The van der Waals surface area contributed by atoms with Crippen molar-refractivity contribution in [2.75, 3.05) is 11.9 Å². The van der Waals surface area contributed by atoms with E-state index in [0.29, 0.717) is 31.4 Å². The van der Waals surface area contributed by atoms with Crippen LogP contribution in [0, 0.1) is 0 Å². The van der Waals surface area contributed by atoms with E-state index < -0.39 is 36.3 Å². The summed E-state index contributed by atoms with van der Waals surface area (Å²) in [6, 6.07) is 21.6. The third kappa shape index (κ3) is 9.29. The topological polar surface area (TPSA) is 102 Å². The number of halogens is 3. The highest BCUT2D eigenvalue weighted by Crippen LogP contribution is 2.40. The molecule has 1 heterocycles. The smallest absolute Gasteiger partial charge is 0.419 e. The second-order valence-corrected chi connectivity index (χ2v) is 12.2. The summed E-state index contributed by atoms with van der Waals surface area (Å²) in [6.07, 6.45) is -0.707. The average molecular weight is 652 g/mol. The van der Waals surface area contributed by atoms with Crippen LogP contribution in [0.15, 0.2) is 89.9 Å². The summed E-state index contributed by atoms with van der Waals surface area (Å²) >= 11 is 0. The number of para-hydroxylation sites is 1. The monoisotopic (exact) mass is 651 g/mol. The first kappa shape index (κ1) is 35.8. The summed E-state index contributed by atoms with van der Waals surface area (Å²) in [5.41, 5.74) is -1.74. The SMILES string of the molecule is CCCCCCCC[C@](O)([C@H](N=C(c1ccccc1)c1ccccc1NC(=O)[C@@H]1CCCN1Cc1ccccc1)C(=O)O)C(F)(F)F. The Morgan fingerprint density at radius 2 is 1.53 bits per heavy atom. The van der Waals surface area contributed by atoms with Gasteiger partial charge < -0.3 is 15.5 Å². The lowest BCUT2D eigenvalue weighted by Crippen LogP contribution is -2.57. The molecule has 3 aromatic rings. The molecular formula is C37H44F3N3O4. The van der Waals surface area contributed by atoms with Crippen molar-refractivity contribution in [1.82, 2.24) is 4.90 Å². The lowest BCUT2D eigenvalue weighted by atomic mass is 9.86. The highest BCUT2D eigenvalue weighted by Gasteiger charge is 2.61. The van der Waals surface area contributed by atoms with Crippen LogP contribution in [-0.4, -0.2) is 63.1 Å². The number of carboxylic acids is 1. The maximum atomic E-state index is 14.6. The third-order valence-corrected chi connectivity index (χ3v) is 8.73. The average Bonchev–Trinajstić information content (AvgIpc) is 3.52. The van der Waals surface area contributed by atoms with Crippen LogP contribution in [-0.2, 0) is 16.1 Å². The molecule has 0 unspecified atom stereocenters. The van der Waals surface area contributed by atoms with Gasteiger partial charge in [-0.3, -0.25) is 14.7 Å². The van der Waals surface area contributed by atoms with Gasteiger partial charge in [0, 0.05) is 17.7 Å². The first-order valence-corrected chi connectivity index (χ1v) is 16.4. The van der Waals surface area contributed by atoms with Gasteiger partial charge in [0.25, 0.3) is 0 Å². The van der Waals surface area contributed by atoms with Crippen molar-refractivity contribution in [2.24, 2.45) is 4.99 Å². The van der Waals surface area contributed by atoms with Crippen molar-refractivity contribution >= 4 is 23.3 Å². The summed E-state index contributed by atoms with van der Waals surface area (Å²) in [5, 5.41) is 24.3. The highest BCUT2D eigenvalue weighted by atomic mass is 19.4. The van der Waals surface area contributed by atoms with Gasteiger partial charge >= 0.3 is 12.1 Å². The maximum Gasteiger partial charge on any atom is 0.419 e. The van der Waals surface area contributed by atoms with E-state index in [1.54, 1.807) is 54.6 Å². The number of carboxylic acid groups (broad SMARTS) is 1. The zero-order valence-electron chi connectivity index (χ0n) is 26.8. The molecule has 3 aromatic carbocycles. The Morgan fingerprint density at radius 1 is 0.915 bits per heavy atom. The molecule has 252 valence electrons.